The van der Waals surface area contributed by atoms with Gasteiger partial charge in [-0.15, -0.1) is 0 Å². The van der Waals surface area contributed by atoms with Crippen LogP contribution in [0.15, 0.2) is 79.1 Å². The maximum Gasteiger partial charge on any atom is 0.266 e. The van der Waals surface area contributed by atoms with Crippen molar-refractivity contribution in [3.05, 3.63) is 84.7 Å². The van der Waals surface area contributed by atoms with Crippen LogP contribution in [0.3, 0.4) is 0 Å². The molecular formula is C25H23N3O4. The first-order chi connectivity index (χ1) is 15.7. The number of nitrogens with zero attached hydrogens (tertiary/aromatic N) is 3. The molecule has 0 N–H and O–H groups in total. The number of fused-ring (bicyclic) bond motifs is 1. The summed E-state index contributed by atoms with van der Waals surface area (Å²) >= 11 is 0. The lowest BCUT2D eigenvalue weighted by molar-refractivity contribution is -0.126. The van der Waals surface area contributed by atoms with Gasteiger partial charge in [-0.2, -0.15) is 0 Å². The Balaban J connectivity index is 1.49. The smallest absolute Gasteiger partial charge is 0.266 e. The highest BCUT2D eigenvalue weighted by Crippen LogP contribution is 2.47. The number of amides is 2. The molecule has 1 aromatic heterocycles. The molecule has 0 saturated carbocycles. The van der Waals surface area contributed by atoms with Gasteiger partial charge in [0.1, 0.15) is 11.7 Å². The van der Waals surface area contributed by atoms with Crippen LogP contribution in [-0.2, 0) is 14.4 Å². The zero-order valence-corrected chi connectivity index (χ0v) is 17.6. The number of pyridine rings is 1. The minimum absolute atomic E-state index is 0.283. The summed E-state index contributed by atoms with van der Waals surface area (Å²) < 4.78 is 5.61. The maximum absolute atomic E-state index is 13.6. The van der Waals surface area contributed by atoms with Crippen molar-refractivity contribution in [3.8, 4) is 5.75 Å². The molecule has 2 amide bonds. The molecule has 5 rings (SSSR count). The highest BCUT2D eigenvalue weighted by molar-refractivity contribution is 6.23. The quantitative estimate of drug-likeness (QED) is 0.553. The zero-order valence-electron chi connectivity index (χ0n) is 17.6. The second-order valence-corrected chi connectivity index (χ2v) is 7.80. The number of hydrogen-bond acceptors (Lipinski definition) is 6. The summed E-state index contributed by atoms with van der Waals surface area (Å²) in [7, 11) is 0. The Kier molecular flexibility index (Phi) is 5.33. The molecule has 3 heterocycles. The van der Waals surface area contributed by atoms with Crippen LogP contribution in [0.4, 0.5) is 11.4 Å². The molecule has 3 atom stereocenters. The molecule has 0 bridgehead atoms. The van der Waals surface area contributed by atoms with Crippen LogP contribution in [0.5, 0.6) is 5.75 Å². The van der Waals surface area contributed by atoms with Gasteiger partial charge in [-0.1, -0.05) is 31.2 Å². The van der Waals surface area contributed by atoms with Gasteiger partial charge in [-0.05, 0) is 54.4 Å². The average molecular weight is 429 g/mol. The minimum atomic E-state index is -0.899. The van der Waals surface area contributed by atoms with Crippen LogP contribution in [0.25, 0.3) is 0 Å². The van der Waals surface area contributed by atoms with E-state index in [1.165, 1.54) is 4.90 Å². The maximum atomic E-state index is 13.6. The van der Waals surface area contributed by atoms with Gasteiger partial charge < -0.3 is 4.74 Å². The third-order valence-electron chi connectivity index (χ3n) is 5.72. The van der Waals surface area contributed by atoms with E-state index < -0.39 is 18.1 Å². The number of aromatic nitrogens is 1. The van der Waals surface area contributed by atoms with E-state index in [0.717, 1.165) is 17.7 Å². The Morgan fingerprint density at radius 2 is 1.72 bits per heavy atom. The van der Waals surface area contributed by atoms with Crippen molar-refractivity contribution in [2.75, 3.05) is 16.6 Å². The van der Waals surface area contributed by atoms with E-state index in [1.54, 1.807) is 41.7 Å². The summed E-state index contributed by atoms with van der Waals surface area (Å²) in [6.07, 6.45) is 3.40. The summed E-state index contributed by atoms with van der Waals surface area (Å²) in [5.74, 6) is -0.624. The fraction of sp³-hybridized carbons (Fsp3) is 0.240. The normalized spacial score (nSPS) is 22.3. The number of anilines is 2. The second-order valence-electron chi connectivity index (χ2n) is 7.80. The molecule has 32 heavy (non-hydrogen) atoms. The Morgan fingerprint density at radius 3 is 2.41 bits per heavy atom. The van der Waals surface area contributed by atoms with Crippen molar-refractivity contribution < 1.29 is 19.2 Å². The number of para-hydroxylation sites is 1. The van der Waals surface area contributed by atoms with Crippen molar-refractivity contribution in [1.82, 2.24) is 4.98 Å². The van der Waals surface area contributed by atoms with Gasteiger partial charge in [0.2, 0.25) is 5.91 Å². The lowest BCUT2D eigenvalue weighted by atomic mass is 9.91. The van der Waals surface area contributed by atoms with Crippen LogP contribution in [0.2, 0.25) is 0 Å². The van der Waals surface area contributed by atoms with Crippen molar-refractivity contribution >= 4 is 23.2 Å². The molecule has 2 aromatic carbocycles. The summed E-state index contributed by atoms with van der Waals surface area (Å²) in [5, 5.41) is 1.67. The zero-order chi connectivity index (χ0) is 22.1. The van der Waals surface area contributed by atoms with Gasteiger partial charge in [-0.25, -0.2) is 9.96 Å². The van der Waals surface area contributed by atoms with Crippen LogP contribution in [0, 0.1) is 5.92 Å². The lowest BCUT2D eigenvalue weighted by Gasteiger charge is -2.28. The van der Waals surface area contributed by atoms with Crippen molar-refractivity contribution in [2.24, 2.45) is 5.92 Å². The van der Waals surface area contributed by atoms with Gasteiger partial charge in [0.25, 0.3) is 5.91 Å². The number of carbonyl (C=O) groups is 2. The fourth-order valence-electron chi connectivity index (χ4n) is 4.27. The molecule has 0 aliphatic carbocycles. The first-order valence-corrected chi connectivity index (χ1v) is 10.7. The number of carbonyl (C=O) groups excluding carboxylic acids is 2. The van der Waals surface area contributed by atoms with Crippen LogP contribution in [0.1, 0.15) is 24.9 Å². The Hall–Kier alpha value is -3.71. The molecule has 0 radical (unpaired) electrons. The van der Waals surface area contributed by atoms with Crippen LogP contribution < -0.4 is 14.7 Å². The van der Waals surface area contributed by atoms with Gasteiger partial charge in [0, 0.05) is 12.4 Å². The number of rotatable bonds is 6. The summed E-state index contributed by atoms with van der Waals surface area (Å²) in [6, 6.07) is 19.8. The highest BCUT2D eigenvalue weighted by Gasteiger charge is 2.60. The molecule has 2 fully saturated rings. The van der Waals surface area contributed by atoms with Gasteiger partial charge in [-0.3, -0.25) is 19.4 Å². The summed E-state index contributed by atoms with van der Waals surface area (Å²) in [4.78, 5) is 38.4. The van der Waals surface area contributed by atoms with Crippen molar-refractivity contribution in [2.45, 2.75) is 25.5 Å². The molecule has 0 spiro atoms. The largest absolute Gasteiger partial charge is 0.494 e. The molecule has 162 valence electrons. The van der Waals surface area contributed by atoms with E-state index in [9.17, 15) is 9.59 Å². The fourth-order valence-corrected chi connectivity index (χ4v) is 4.27. The molecule has 2 aliphatic heterocycles. The number of benzene rings is 2. The predicted molar refractivity (Wildman–Crippen MR) is 119 cm³/mol. The van der Waals surface area contributed by atoms with Crippen LogP contribution >= 0.6 is 0 Å². The molecule has 7 nitrogen and oxygen atoms in total. The number of ether oxygens (including phenoxy) is 1. The third kappa shape index (κ3) is 3.40. The van der Waals surface area contributed by atoms with Crippen molar-refractivity contribution in [3.63, 3.8) is 0 Å². The number of imide groups is 1. The monoisotopic (exact) mass is 429 g/mol. The lowest BCUT2D eigenvalue weighted by Crippen LogP contribution is -2.37. The first kappa shape index (κ1) is 20.2. The minimum Gasteiger partial charge on any atom is -0.494 e. The topological polar surface area (TPSA) is 72.0 Å². The molecule has 7 heteroatoms. The van der Waals surface area contributed by atoms with Gasteiger partial charge >= 0.3 is 0 Å². The summed E-state index contributed by atoms with van der Waals surface area (Å²) in [5.41, 5.74) is 2.11. The molecule has 2 aliphatic rings. The predicted octanol–water partition coefficient (Wildman–Crippen LogP) is 3.92. The van der Waals surface area contributed by atoms with E-state index >= 15 is 0 Å². The van der Waals surface area contributed by atoms with Gasteiger partial charge in [0.05, 0.1) is 24.0 Å². The Labute approximate surface area is 186 Å². The number of hydroxylamine groups is 1. The highest BCUT2D eigenvalue weighted by atomic mass is 16.7. The summed E-state index contributed by atoms with van der Waals surface area (Å²) in [6.45, 7) is 2.65. The van der Waals surface area contributed by atoms with E-state index in [-0.39, 0.29) is 11.8 Å². The standard InChI is InChI=1S/C25H23N3O4/c1-2-15-31-20-12-10-18(11-13-20)27-24(29)21-22(17-7-6-14-26-16-17)28(32-23(21)25(27)30)19-8-4-3-5-9-19/h3-14,16,21-23H,2,15H2,1H3/t21-,22-,23+/m0/s1. The molecule has 0 unspecified atom stereocenters. The molecular weight excluding hydrogens is 406 g/mol. The second kappa shape index (κ2) is 8.43. The Morgan fingerprint density at radius 1 is 0.938 bits per heavy atom. The van der Waals surface area contributed by atoms with Crippen molar-refractivity contribution in [1.29, 1.82) is 0 Å². The molecule has 3 aromatic rings. The van der Waals surface area contributed by atoms with E-state index in [4.69, 9.17) is 9.57 Å². The van der Waals surface area contributed by atoms with E-state index in [0.29, 0.717) is 18.0 Å². The van der Waals surface area contributed by atoms with Crippen LogP contribution in [-0.4, -0.2) is 29.5 Å². The van der Waals surface area contributed by atoms with Gasteiger partial charge in [0.15, 0.2) is 6.10 Å². The SMILES string of the molecule is CCCOc1ccc(N2C(=O)[C@@H]3[C@@H](ON(c4ccccc4)[C@H]3c3cccnc3)C2=O)cc1. The molecule has 2 saturated heterocycles. The average Bonchev–Trinajstić information content (AvgIpc) is 3.35. The first-order valence-electron chi connectivity index (χ1n) is 10.7. The third-order valence-corrected chi connectivity index (χ3v) is 5.72. The Bertz CT molecular complexity index is 1110. The van der Waals surface area contributed by atoms with E-state index in [2.05, 4.69) is 4.98 Å². The van der Waals surface area contributed by atoms with E-state index in [1.807, 2.05) is 49.4 Å². The number of hydrogen-bond donors (Lipinski definition) is 0.